The minimum atomic E-state index is -1.46. The van der Waals surface area contributed by atoms with Crippen LogP contribution >= 0.6 is 0 Å². The van der Waals surface area contributed by atoms with E-state index < -0.39 is 11.6 Å². The molecule has 3 unspecified atom stereocenters. The Balaban J connectivity index is 1.89. The summed E-state index contributed by atoms with van der Waals surface area (Å²) in [7, 11) is 0. The quantitative estimate of drug-likeness (QED) is 0.137. The third kappa shape index (κ3) is 4.85. The molecule has 0 bridgehead atoms. The van der Waals surface area contributed by atoms with Crippen molar-refractivity contribution in [3.63, 3.8) is 0 Å². The normalized spacial score (nSPS) is 22.5. The molecule has 2 heterocycles. The van der Waals surface area contributed by atoms with E-state index in [4.69, 9.17) is 11.1 Å². The average molecular weight is 427 g/mol. The van der Waals surface area contributed by atoms with E-state index in [1.54, 1.807) is 6.92 Å². The van der Waals surface area contributed by atoms with E-state index in [0.717, 1.165) is 25.1 Å². The lowest BCUT2D eigenvalue weighted by Crippen LogP contribution is -2.61. The summed E-state index contributed by atoms with van der Waals surface area (Å²) >= 11 is 0. The maximum atomic E-state index is 12.6. The molecule has 31 heavy (non-hydrogen) atoms. The van der Waals surface area contributed by atoms with Gasteiger partial charge in [-0.2, -0.15) is 0 Å². The van der Waals surface area contributed by atoms with Gasteiger partial charge in [-0.15, -0.1) is 0 Å². The van der Waals surface area contributed by atoms with Crippen LogP contribution in [0.4, 0.5) is 0 Å². The third-order valence-electron chi connectivity index (χ3n) is 6.22. The van der Waals surface area contributed by atoms with Crippen molar-refractivity contribution in [2.24, 2.45) is 5.73 Å². The van der Waals surface area contributed by atoms with Gasteiger partial charge in [-0.05, 0) is 43.5 Å². The molecule has 0 radical (unpaired) electrons. The lowest BCUT2D eigenvalue weighted by atomic mass is 9.81. The molecule has 0 aromatic heterocycles. The summed E-state index contributed by atoms with van der Waals surface area (Å²) in [5.41, 5.74) is 6.55. The number of hydrogen-bond donors (Lipinski definition) is 6. The van der Waals surface area contributed by atoms with Crippen LogP contribution in [-0.2, 0) is 20.8 Å². The fourth-order valence-corrected chi connectivity index (χ4v) is 4.26. The first-order valence-electron chi connectivity index (χ1n) is 10.6. The van der Waals surface area contributed by atoms with E-state index in [0.29, 0.717) is 12.7 Å². The van der Waals surface area contributed by atoms with Gasteiger partial charge < -0.3 is 31.8 Å². The van der Waals surface area contributed by atoms with E-state index in [1.807, 2.05) is 24.1 Å². The van der Waals surface area contributed by atoms with E-state index in [1.165, 1.54) is 5.56 Å². The van der Waals surface area contributed by atoms with Crippen LogP contribution in [0.3, 0.4) is 0 Å². The van der Waals surface area contributed by atoms with E-state index in [2.05, 4.69) is 27.3 Å². The molecule has 4 atom stereocenters. The molecule has 1 amide bonds. The summed E-state index contributed by atoms with van der Waals surface area (Å²) in [6.07, 6.45) is 2.45. The topological polar surface area (TPSA) is 149 Å². The number of carbonyl (C=O) groups excluding carboxylic acids is 3. The van der Waals surface area contributed by atoms with Crippen molar-refractivity contribution >= 4 is 24.1 Å². The Morgan fingerprint density at radius 3 is 2.71 bits per heavy atom. The Bertz CT molecular complexity index is 893. The van der Waals surface area contributed by atoms with Gasteiger partial charge in [-0.25, -0.2) is 4.79 Å². The predicted octanol–water partition coefficient (Wildman–Crippen LogP) is -0.301. The number of rotatable bonds is 9. The fraction of sp³-hybridized carbons (Fsp3) is 0.500. The molecule has 9 nitrogen and oxygen atoms in total. The van der Waals surface area contributed by atoms with Crippen molar-refractivity contribution in [2.45, 2.75) is 56.3 Å². The van der Waals surface area contributed by atoms with E-state index in [9.17, 15) is 14.4 Å². The number of nitrogens with two attached hydrogens (primary N) is 1. The smallest absolute Gasteiger partial charge is 0.238 e. The Labute approximate surface area is 181 Å². The van der Waals surface area contributed by atoms with Gasteiger partial charge in [-0.3, -0.25) is 10.2 Å². The van der Waals surface area contributed by atoms with Gasteiger partial charge in [0.1, 0.15) is 17.8 Å². The van der Waals surface area contributed by atoms with Crippen LogP contribution in [0.1, 0.15) is 43.4 Å². The highest BCUT2D eigenvalue weighted by atomic mass is 16.2. The van der Waals surface area contributed by atoms with Crippen LogP contribution in [0.2, 0.25) is 0 Å². The maximum absolute atomic E-state index is 12.6. The van der Waals surface area contributed by atoms with Crippen molar-refractivity contribution in [2.75, 3.05) is 13.1 Å². The monoisotopic (exact) mass is 426 g/mol. The molecule has 1 saturated heterocycles. The largest absolute Gasteiger partial charge is 0.370 e. The van der Waals surface area contributed by atoms with Gasteiger partial charge in [0.25, 0.3) is 0 Å². The average Bonchev–Trinajstić information content (AvgIpc) is 2.73. The first-order chi connectivity index (χ1) is 14.9. The zero-order valence-electron chi connectivity index (χ0n) is 17.7. The van der Waals surface area contributed by atoms with Crippen molar-refractivity contribution in [3.8, 4) is 0 Å². The summed E-state index contributed by atoms with van der Waals surface area (Å²) in [5.74, 6) is 1.36. The van der Waals surface area contributed by atoms with Crippen LogP contribution in [0.15, 0.2) is 29.8 Å². The summed E-state index contributed by atoms with van der Waals surface area (Å²) in [4.78, 5) is 36.7. The molecule has 9 heteroatoms. The van der Waals surface area contributed by atoms with Crippen LogP contribution < -0.4 is 27.0 Å². The van der Waals surface area contributed by atoms with Crippen molar-refractivity contribution in [3.05, 3.63) is 41.0 Å². The number of aldehydes is 1. The molecule has 1 aromatic rings. The molecular formula is C22H30N6O3. The lowest BCUT2D eigenvalue weighted by Gasteiger charge is -2.38. The SMILES string of the molecule is CC[C@](C=O)(NC(=O)C1CCN1)C(=C=O)CC(NC(=N)N)C1NCCc2ccccc21. The second-order valence-corrected chi connectivity index (χ2v) is 8.06. The second-order valence-electron chi connectivity index (χ2n) is 8.06. The highest BCUT2D eigenvalue weighted by Gasteiger charge is 2.40. The third-order valence-corrected chi connectivity index (χ3v) is 6.22. The number of benzene rings is 1. The van der Waals surface area contributed by atoms with Gasteiger partial charge in [0.2, 0.25) is 5.91 Å². The van der Waals surface area contributed by atoms with Crippen molar-refractivity contribution in [1.82, 2.24) is 21.3 Å². The number of hydrogen-bond acceptors (Lipinski definition) is 6. The number of guanidine groups is 1. The van der Waals surface area contributed by atoms with Gasteiger partial charge >= 0.3 is 0 Å². The zero-order valence-corrected chi connectivity index (χ0v) is 17.7. The minimum absolute atomic E-state index is 0.0834. The predicted molar refractivity (Wildman–Crippen MR) is 117 cm³/mol. The first-order valence-corrected chi connectivity index (χ1v) is 10.6. The van der Waals surface area contributed by atoms with E-state index in [-0.39, 0.29) is 42.4 Å². The van der Waals surface area contributed by atoms with Crippen molar-refractivity contribution < 1.29 is 14.4 Å². The molecule has 0 saturated carbocycles. The van der Waals surface area contributed by atoms with Crippen LogP contribution in [0, 0.1) is 5.41 Å². The Morgan fingerprint density at radius 2 is 2.13 bits per heavy atom. The zero-order chi connectivity index (χ0) is 22.4. The summed E-state index contributed by atoms with van der Waals surface area (Å²) in [5, 5.41) is 19.9. The van der Waals surface area contributed by atoms with E-state index >= 15 is 0 Å². The Kier molecular flexibility index (Phi) is 7.22. The van der Waals surface area contributed by atoms with Gasteiger partial charge in [0.05, 0.1) is 18.1 Å². The molecule has 7 N–H and O–H groups in total. The van der Waals surface area contributed by atoms with Crippen molar-refractivity contribution in [1.29, 1.82) is 5.41 Å². The molecule has 3 rings (SSSR count). The van der Waals surface area contributed by atoms with Gasteiger partial charge in [-0.1, -0.05) is 31.2 Å². The van der Waals surface area contributed by atoms with Gasteiger partial charge in [0, 0.05) is 12.0 Å². The molecule has 2 aliphatic heterocycles. The molecule has 2 aliphatic rings. The number of carbonyl (C=O) groups is 2. The number of nitrogens with one attached hydrogen (secondary N) is 5. The number of amides is 1. The lowest BCUT2D eigenvalue weighted by molar-refractivity contribution is -0.129. The molecule has 0 aliphatic carbocycles. The van der Waals surface area contributed by atoms with Crippen LogP contribution in [0.25, 0.3) is 0 Å². The number of fused-ring (bicyclic) bond motifs is 1. The molecule has 166 valence electrons. The summed E-state index contributed by atoms with van der Waals surface area (Å²) in [6.45, 7) is 3.21. The summed E-state index contributed by atoms with van der Waals surface area (Å²) < 4.78 is 0. The highest BCUT2D eigenvalue weighted by molar-refractivity contribution is 5.90. The van der Waals surface area contributed by atoms with Crippen LogP contribution in [0.5, 0.6) is 0 Å². The second kappa shape index (κ2) is 9.87. The fourth-order valence-electron chi connectivity index (χ4n) is 4.26. The molecule has 0 spiro atoms. The highest BCUT2D eigenvalue weighted by Crippen LogP contribution is 2.31. The first kappa shape index (κ1) is 22.7. The standard InChI is InChI=1S/C22H30N6O3/c1-2-22(13-30,28-20(31)17-8-10-25-17)15(12-29)11-18(27-21(23)24)19-16-6-4-3-5-14(16)7-9-26-19/h3-6,13,17-19,25-26H,2,7-11H2,1H3,(H,28,31)(H4,23,24,27)/t17?,18?,19?,22-/m1/s1. The molecular weight excluding hydrogens is 396 g/mol. The Hall–Kier alpha value is -3.00. The molecule has 1 aromatic carbocycles. The minimum Gasteiger partial charge on any atom is -0.370 e. The van der Waals surface area contributed by atoms with Gasteiger partial charge in [0.15, 0.2) is 5.96 Å². The van der Waals surface area contributed by atoms with Crippen LogP contribution in [-0.4, -0.2) is 54.8 Å². The Morgan fingerprint density at radius 1 is 1.39 bits per heavy atom. The molecule has 1 fully saturated rings. The maximum Gasteiger partial charge on any atom is 0.238 e. The summed E-state index contributed by atoms with van der Waals surface area (Å²) in [6, 6.07) is 6.89.